The van der Waals surface area contributed by atoms with Crippen LogP contribution in [-0.4, -0.2) is 11.6 Å². The molecule has 0 fully saturated rings. The Bertz CT molecular complexity index is 1130. The van der Waals surface area contributed by atoms with Crippen LogP contribution in [0.1, 0.15) is 22.3 Å². The molecule has 31 heavy (non-hydrogen) atoms. The number of anilines is 1. The highest BCUT2D eigenvalue weighted by Crippen LogP contribution is 2.22. The summed E-state index contributed by atoms with van der Waals surface area (Å²) in [7, 11) is 0. The molecule has 0 bridgehead atoms. The van der Waals surface area contributed by atoms with Crippen molar-refractivity contribution in [3.05, 3.63) is 89.2 Å². The lowest BCUT2D eigenvalue weighted by molar-refractivity contribution is -0.578. The number of hydrogen-bond donors (Lipinski definition) is 1. The van der Waals surface area contributed by atoms with Crippen LogP contribution in [0, 0.1) is 20.8 Å². The number of halogens is 2. The lowest BCUT2D eigenvalue weighted by Crippen LogP contribution is -2.40. The number of nitrogens with one attached hydrogen (secondary N) is 1. The van der Waals surface area contributed by atoms with Gasteiger partial charge in [0.2, 0.25) is 5.70 Å². The Morgan fingerprint density at radius 1 is 1.03 bits per heavy atom. The second-order valence-corrected chi connectivity index (χ2v) is 7.55. The van der Waals surface area contributed by atoms with Crippen molar-refractivity contribution in [2.24, 2.45) is 0 Å². The highest BCUT2D eigenvalue weighted by molar-refractivity contribution is 7.81. The summed E-state index contributed by atoms with van der Waals surface area (Å²) in [6.07, 6.45) is 3.55. The van der Waals surface area contributed by atoms with Gasteiger partial charge in [-0.25, -0.2) is 0 Å². The number of alkyl halides is 2. The molecular weight excluding hydrogens is 418 g/mol. The Balaban J connectivity index is 2.05. The van der Waals surface area contributed by atoms with E-state index in [0.717, 1.165) is 22.4 Å². The smallest absolute Gasteiger partial charge is 0.387 e. The third kappa shape index (κ3) is 5.64. The van der Waals surface area contributed by atoms with Gasteiger partial charge in [-0.1, -0.05) is 36.5 Å². The highest BCUT2D eigenvalue weighted by Gasteiger charge is 2.20. The van der Waals surface area contributed by atoms with E-state index in [0.29, 0.717) is 5.56 Å². The Kier molecular flexibility index (Phi) is 6.97. The van der Waals surface area contributed by atoms with E-state index in [-0.39, 0.29) is 22.2 Å². The Morgan fingerprint density at radius 3 is 2.39 bits per heavy atom. The van der Waals surface area contributed by atoms with Crippen LogP contribution >= 0.6 is 12.2 Å². The van der Waals surface area contributed by atoms with Crippen LogP contribution in [0.2, 0.25) is 0 Å². The van der Waals surface area contributed by atoms with Crippen molar-refractivity contribution in [1.82, 2.24) is 0 Å². The van der Waals surface area contributed by atoms with E-state index in [2.05, 4.69) is 10.1 Å². The van der Waals surface area contributed by atoms with Crippen molar-refractivity contribution >= 4 is 34.3 Å². The summed E-state index contributed by atoms with van der Waals surface area (Å²) in [5.41, 5.74) is 4.36. The summed E-state index contributed by atoms with van der Waals surface area (Å²) in [5, 5.41) is 16.6. The second-order valence-electron chi connectivity index (χ2n) is 7.14. The monoisotopic (exact) mass is 440 g/mol. The second kappa shape index (κ2) is 9.66. The molecule has 2 aromatic carbocycles. The lowest BCUT2D eigenvalue weighted by Gasteiger charge is -2.18. The normalized spacial score (nSPS) is 11.8. The van der Waals surface area contributed by atoms with Gasteiger partial charge in [-0.2, -0.15) is 13.3 Å². The number of aryl methyl sites for hydroxylation is 3. The average molecular weight is 441 g/mol. The Labute approximate surface area is 185 Å². The van der Waals surface area contributed by atoms with Crippen LogP contribution in [0.5, 0.6) is 5.75 Å². The molecule has 0 spiro atoms. The summed E-state index contributed by atoms with van der Waals surface area (Å²) >= 11 is 5.63. The zero-order valence-corrected chi connectivity index (χ0v) is 18.2. The molecule has 0 saturated carbocycles. The van der Waals surface area contributed by atoms with Crippen molar-refractivity contribution < 1.29 is 23.2 Å². The predicted octanol–water partition coefficient (Wildman–Crippen LogP) is 4.63. The highest BCUT2D eigenvalue weighted by atomic mass is 32.1. The fraction of sp³-hybridized carbons (Fsp3) is 0.167. The van der Waals surface area contributed by atoms with Gasteiger partial charge in [0, 0.05) is 17.3 Å². The number of aromatic nitrogens is 1. The maximum Gasteiger partial charge on any atom is 0.387 e. The largest absolute Gasteiger partial charge is 0.867 e. The van der Waals surface area contributed by atoms with Crippen molar-refractivity contribution in [2.75, 3.05) is 5.32 Å². The summed E-state index contributed by atoms with van der Waals surface area (Å²) in [6.45, 7) is 2.91. The topological polar surface area (TPSA) is 48.2 Å². The molecule has 160 valence electrons. The number of pyridine rings is 1. The molecule has 1 heterocycles. The molecule has 3 rings (SSSR count). The molecule has 0 aliphatic rings. The average Bonchev–Trinajstić information content (AvgIpc) is 2.71. The first-order valence-corrected chi connectivity index (χ1v) is 9.99. The molecule has 1 aromatic heterocycles. The Morgan fingerprint density at radius 2 is 1.74 bits per heavy atom. The van der Waals surface area contributed by atoms with Crippen molar-refractivity contribution in [1.29, 1.82) is 0 Å². The van der Waals surface area contributed by atoms with Crippen LogP contribution in [-0.2, 0) is 0 Å². The quantitative estimate of drug-likeness (QED) is 0.263. The van der Waals surface area contributed by atoms with Gasteiger partial charge in [0.25, 0.3) is 0 Å². The van der Waals surface area contributed by atoms with E-state index in [1.807, 2.05) is 51.1 Å². The first-order valence-electron chi connectivity index (χ1n) is 9.58. The van der Waals surface area contributed by atoms with Crippen molar-refractivity contribution in [3.8, 4) is 5.75 Å². The van der Waals surface area contributed by atoms with Gasteiger partial charge in [-0.3, -0.25) is 0 Å². The van der Waals surface area contributed by atoms with E-state index in [4.69, 9.17) is 12.2 Å². The minimum Gasteiger partial charge on any atom is -0.867 e. The van der Waals surface area contributed by atoms with E-state index in [9.17, 15) is 13.9 Å². The fourth-order valence-electron chi connectivity index (χ4n) is 3.05. The van der Waals surface area contributed by atoms with Crippen LogP contribution < -0.4 is 19.7 Å². The number of rotatable bonds is 6. The summed E-state index contributed by atoms with van der Waals surface area (Å²) in [4.78, 5) is 0.252. The van der Waals surface area contributed by atoms with E-state index >= 15 is 0 Å². The molecule has 0 saturated heterocycles. The molecule has 3 aromatic rings. The number of benzene rings is 2. The van der Waals surface area contributed by atoms with Gasteiger partial charge in [0.05, 0.1) is 0 Å². The number of nitrogens with zero attached hydrogens (tertiary/aromatic N) is 1. The molecule has 0 unspecified atom stereocenters. The number of hydrogen-bond acceptors (Lipinski definition) is 3. The SMILES string of the molecule is Cc1ccc(C)c(NC(=S)/C(=C(\[O-])c2ccc(OC(F)F)cc2)[n+]2cccc(C)c2)c1. The van der Waals surface area contributed by atoms with Crippen molar-refractivity contribution in [2.45, 2.75) is 27.4 Å². The zero-order chi connectivity index (χ0) is 22.5. The summed E-state index contributed by atoms with van der Waals surface area (Å²) in [5.74, 6) is -0.366. The molecule has 0 aliphatic heterocycles. The van der Waals surface area contributed by atoms with Crippen molar-refractivity contribution in [3.63, 3.8) is 0 Å². The zero-order valence-electron chi connectivity index (χ0n) is 17.4. The molecular formula is C24H22F2N2O2S. The van der Waals surface area contributed by atoms with Gasteiger partial charge in [0.15, 0.2) is 17.4 Å². The maximum atomic E-state index is 13.4. The minimum atomic E-state index is -2.93. The first-order chi connectivity index (χ1) is 14.7. The molecule has 1 N–H and O–H groups in total. The first kappa shape index (κ1) is 22.4. The maximum absolute atomic E-state index is 13.4. The minimum absolute atomic E-state index is 0.0209. The van der Waals surface area contributed by atoms with Crippen LogP contribution in [0.15, 0.2) is 67.0 Å². The molecule has 7 heteroatoms. The fourth-order valence-corrected chi connectivity index (χ4v) is 3.35. The van der Waals surface area contributed by atoms with Crippen LogP contribution in [0.4, 0.5) is 14.5 Å². The molecule has 0 amide bonds. The standard InChI is InChI=1S/C24H22F2N2O2S/c1-15-6-7-17(3)20(13-15)27-23(31)21(28-12-4-5-16(2)14-28)22(29)18-8-10-19(11-9-18)30-24(25)26/h4-14,24H,1-3H3,(H-,27,29,31). The third-order valence-corrected chi connectivity index (χ3v) is 4.92. The van der Waals surface area contributed by atoms with Gasteiger partial charge in [-0.05, 0) is 67.5 Å². The molecule has 4 nitrogen and oxygen atoms in total. The van der Waals surface area contributed by atoms with E-state index in [1.54, 1.807) is 17.0 Å². The number of ether oxygens (including phenoxy) is 1. The molecule has 0 radical (unpaired) electrons. The molecule has 0 atom stereocenters. The Hall–Kier alpha value is -3.32. The van der Waals surface area contributed by atoms with E-state index in [1.165, 1.54) is 24.3 Å². The van der Waals surface area contributed by atoms with Gasteiger partial charge >= 0.3 is 6.61 Å². The lowest BCUT2D eigenvalue weighted by atomic mass is 10.1. The summed E-state index contributed by atoms with van der Waals surface area (Å²) < 4.78 is 30.9. The third-order valence-electron chi connectivity index (χ3n) is 4.62. The number of thiocarbonyl (C=S) groups is 1. The van der Waals surface area contributed by atoms with E-state index < -0.39 is 6.61 Å². The predicted molar refractivity (Wildman–Crippen MR) is 120 cm³/mol. The van der Waals surface area contributed by atoms with Crippen LogP contribution in [0.3, 0.4) is 0 Å². The molecule has 0 aliphatic carbocycles. The van der Waals surface area contributed by atoms with Gasteiger partial charge < -0.3 is 15.2 Å². The van der Waals surface area contributed by atoms with Crippen LogP contribution in [0.25, 0.3) is 11.5 Å². The van der Waals surface area contributed by atoms with Gasteiger partial charge in [0.1, 0.15) is 5.75 Å². The summed E-state index contributed by atoms with van der Waals surface area (Å²) in [6, 6.07) is 15.2. The van der Waals surface area contributed by atoms with Gasteiger partial charge in [-0.15, -0.1) is 0 Å².